The van der Waals surface area contributed by atoms with Crippen LogP contribution in [-0.2, 0) is 6.42 Å². The number of nitrogens with two attached hydrogens (primary N) is 1. The monoisotopic (exact) mass is 327 g/mol. The Bertz CT molecular complexity index is 736. The second kappa shape index (κ2) is 7.15. The van der Waals surface area contributed by atoms with Crippen LogP contribution in [0, 0.1) is 5.92 Å². The van der Waals surface area contributed by atoms with Gasteiger partial charge in [0.05, 0.1) is 5.69 Å². The van der Waals surface area contributed by atoms with E-state index in [2.05, 4.69) is 41.3 Å². The minimum Gasteiger partial charge on any atom is -0.383 e. The molecule has 6 nitrogen and oxygen atoms in total. The zero-order chi connectivity index (χ0) is 17.1. The zero-order valence-corrected chi connectivity index (χ0v) is 14.3. The standard InChI is InChI=1S/C18H25N5O/c1-13(22(2)12-15-10-20-11-15)9-14-3-5-16(6-4-14)23-8-7-17(19)21-18(23)24/h3-8,13,15,20H,9-12H2,1-2H3,(H2,19,21,24). The lowest BCUT2D eigenvalue weighted by molar-refractivity contribution is 0.183. The van der Waals surface area contributed by atoms with E-state index in [1.807, 2.05) is 12.1 Å². The third kappa shape index (κ3) is 3.83. The third-order valence-corrected chi connectivity index (χ3v) is 4.74. The summed E-state index contributed by atoms with van der Waals surface area (Å²) in [6.07, 6.45) is 2.65. The molecule has 0 bridgehead atoms. The minimum absolute atomic E-state index is 0.242. The molecule has 1 saturated heterocycles. The van der Waals surface area contributed by atoms with Gasteiger partial charge in [0.1, 0.15) is 5.82 Å². The van der Waals surface area contributed by atoms with Gasteiger partial charge in [0.25, 0.3) is 0 Å². The summed E-state index contributed by atoms with van der Waals surface area (Å²) in [6, 6.07) is 10.2. The molecule has 0 radical (unpaired) electrons. The van der Waals surface area contributed by atoms with E-state index in [0.29, 0.717) is 6.04 Å². The fraction of sp³-hybridized carbons (Fsp3) is 0.444. The summed E-state index contributed by atoms with van der Waals surface area (Å²) in [5.41, 5.74) is 7.24. The molecule has 0 spiro atoms. The lowest BCUT2D eigenvalue weighted by Crippen LogP contribution is -2.49. The molecule has 128 valence electrons. The van der Waals surface area contributed by atoms with Crippen molar-refractivity contribution in [2.45, 2.75) is 19.4 Å². The SMILES string of the molecule is CC(Cc1ccc(-n2ccc(N)nc2=O)cc1)N(C)CC1CNC1. The van der Waals surface area contributed by atoms with E-state index in [1.165, 1.54) is 10.1 Å². The van der Waals surface area contributed by atoms with Crippen molar-refractivity contribution in [1.82, 2.24) is 19.8 Å². The van der Waals surface area contributed by atoms with Gasteiger partial charge < -0.3 is 16.0 Å². The highest BCUT2D eigenvalue weighted by Gasteiger charge is 2.20. The molecule has 1 fully saturated rings. The van der Waals surface area contributed by atoms with E-state index < -0.39 is 0 Å². The number of anilines is 1. The fourth-order valence-corrected chi connectivity index (χ4v) is 2.97. The Balaban J connectivity index is 1.64. The molecule has 3 rings (SSSR count). The van der Waals surface area contributed by atoms with E-state index >= 15 is 0 Å². The maximum absolute atomic E-state index is 11.9. The van der Waals surface area contributed by atoms with E-state index in [9.17, 15) is 4.79 Å². The quantitative estimate of drug-likeness (QED) is 0.824. The first-order chi connectivity index (χ1) is 11.5. The number of aromatic nitrogens is 2. The smallest absolute Gasteiger partial charge is 0.354 e. The van der Waals surface area contributed by atoms with Crippen LogP contribution in [0.4, 0.5) is 5.82 Å². The fourth-order valence-electron chi connectivity index (χ4n) is 2.97. The summed E-state index contributed by atoms with van der Waals surface area (Å²) < 4.78 is 1.50. The van der Waals surface area contributed by atoms with Gasteiger partial charge in [-0.1, -0.05) is 12.1 Å². The maximum Gasteiger partial charge on any atom is 0.354 e. The van der Waals surface area contributed by atoms with Crippen LogP contribution in [0.5, 0.6) is 0 Å². The van der Waals surface area contributed by atoms with Crippen molar-refractivity contribution >= 4 is 5.82 Å². The van der Waals surface area contributed by atoms with Crippen LogP contribution in [-0.4, -0.2) is 47.2 Å². The number of nitrogen functional groups attached to an aromatic ring is 1. The number of rotatable bonds is 6. The van der Waals surface area contributed by atoms with Crippen LogP contribution in [0.25, 0.3) is 5.69 Å². The van der Waals surface area contributed by atoms with E-state index in [1.54, 1.807) is 12.3 Å². The highest BCUT2D eigenvalue weighted by Crippen LogP contribution is 2.14. The van der Waals surface area contributed by atoms with Crippen LogP contribution in [0.2, 0.25) is 0 Å². The lowest BCUT2D eigenvalue weighted by atomic mass is 10.0. The number of benzene rings is 1. The van der Waals surface area contributed by atoms with Crippen molar-refractivity contribution in [3.05, 3.63) is 52.6 Å². The van der Waals surface area contributed by atoms with Gasteiger partial charge in [-0.2, -0.15) is 4.98 Å². The van der Waals surface area contributed by atoms with Crippen LogP contribution < -0.4 is 16.7 Å². The predicted molar refractivity (Wildman–Crippen MR) is 96.4 cm³/mol. The molecule has 3 N–H and O–H groups in total. The Morgan fingerprint density at radius 2 is 2.04 bits per heavy atom. The van der Waals surface area contributed by atoms with Crippen molar-refractivity contribution in [2.75, 3.05) is 32.4 Å². The molecule has 1 aromatic heterocycles. The van der Waals surface area contributed by atoms with Gasteiger partial charge >= 0.3 is 5.69 Å². The number of hydrogen-bond acceptors (Lipinski definition) is 5. The molecular formula is C18H25N5O. The van der Waals surface area contributed by atoms with E-state index in [4.69, 9.17) is 5.73 Å². The van der Waals surface area contributed by atoms with Crippen LogP contribution in [0.3, 0.4) is 0 Å². The van der Waals surface area contributed by atoms with Gasteiger partial charge in [-0.05, 0) is 50.1 Å². The molecular weight excluding hydrogens is 302 g/mol. The molecule has 0 aliphatic carbocycles. The summed E-state index contributed by atoms with van der Waals surface area (Å²) in [5.74, 6) is 1.02. The normalized spacial score (nSPS) is 16.1. The summed E-state index contributed by atoms with van der Waals surface area (Å²) >= 11 is 0. The highest BCUT2D eigenvalue weighted by atomic mass is 16.1. The summed E-state index contributed by atoms with van der Waals surface area (Å²) in [4.78, 5) is 18.1. The van der Waals surface area contributed by atoms with Gasteiger partial charge in [0, 0.05) is 31.9 Å². The molecule has 0 amide bonds. The highest BCUT2D eigenvalue weighted by molar-refractivity contribution is 5.36. The number of nitrogens with zero attached hydrogens (tertiary/aromatic N) is 3. The minimum atomic E-state index is -0.357. The maximum atomic E-state index is 11.9. The van der Waals surface area contributed by atoms with Gasteiger partial charge in [0.2, 0.25) is 0 Å². The molecule has 2 aromatic rings. The van der Waals surface area contributed by atoms with Gasteiger partial charge in [-0.15, -0.1) is 0 Å². The Morgan fingerprint density at radius 3 is 2.62 bits per heavy atom. The largest absolute Gasteiger partial charge is 0.383 e. The number of likely N-dealkylation sites (N-methyl/N-ethyl adjacent to an activating group) is 1. The Labute approximate surface area is 142 Å². The second-order valence-corrected chi connectivity index (χ2v) is 6.69. The molecule has 1 atom stereocenters. The summed E-state index contributed by atoms with van der Waals surface area (Å²) in [6.45, 7) is 5.67. The van der Waals surface area contributed by atoms with Gasteiger partial charge in [-0.25, -0.2) is 4.79 Å². The zero-order valence-electron chi connectivity index (χ0n) is 14.3. The van der Waals surface area contributed by atoms with Gasteiger partial charge in [0.15, 0.2) is 0 Å². The first-order valence-electron chi connectivity index (χ1n) is 8.38. The molecule has 1 aromatic carbocycles. The van der Waals surface area contributed by atoms with Crippen molar-refractivity contribution in [3.8, 4) is 5.69 Å². The Morgan fingerprint density at radius 1 is 1.33 bits per heavy atom. The Kier molecular flexibility index (Phi) is 4.97. The Hall–Kier alpha value is -2.18. The van der Waals surface area contributed by atoms with Crippen molar-refractivity contribution in [1.29, 1.82) is 0 Å². The molecule has 0 saturated carbocycles. The molecule has 1 aliphatic heterocycles. The van der Waals surface area contributed by atoms with Gasteiger partial charge in [-0.3, -0.25) is 4.57 Å². The average molecular weight is 327 g/mol. The van der Waals surface area contributed by atoms with E-state index in [0.717, 1.165) is 37.7 Å². The summed E-state index contributed by atoms with van der Waals surface area (Å²) in [5, 5.41) is 3.32. The molecule has 2 heterocycles. The lowest BCUT2D eigenvalue weighted by Gasteiger charge is -2.34. The van der Waals surface area contributed by atoms with Crippen molar-refractivity contribution in [3.63, 3.8) is 0 Å². The van der Waals surface area contributed by atoms with Crippen LogP contribution in [0.15, 0.2) is 41.3 Å². The predicted octanol–water partition coefficient (Wildman–Crippen LogP) is 0.897. The molecule has 6 heteroatoms. The molecule has 1 unspecified atom stereocenters. The van der Waals surface area contributed by atoms with Crippen LogP contribution >= 0.6 is 0 Å². The first kappa shape index (κ1) is 16.7. The van der Waals surface area contributed by atoms with Crippen LogP contribution in [0.1, 0.15) is 12.5 Å². The molecule has 24 heavy (non-hydrogen) atoms. The molecule has 1 aliphatic rings. The van der Waals surface area contributed by atoms with E-state index in [-0.39, 0.29) is 11.5 Å². The second-order valence-electron chi connectivity index (χ2n) is 6.69. The van der Waals surface area contributed by atoms with Crippen molar-refractivity contribution < 1.29 is 0 Å². The number of hydrogen-bond donors (Lipinski definition) is 2. The third-order valence-electron chi connectivity index (χ3n) is 4.74. The summed E-state index contributed by atoms with van der Waals surface area (Å²) in [7, 11) is 2.19. The van der Waals surface area contributed by atoms with Crippen molar-refractivity contribution in [2.24, 2.45) is 5.92 Å². The topological polar surface area (TPSA) is 76.2 Å². The number of nitrogens with one attached hydrogen (secondary N) is 1. The first-order valence-corrected chi connectivity index (χ1v) is 8.38. The average Bonchev–Trinajstić information content (AvgIpc) is 2.51.